The molecule has 1 aromatic heterocycles. The number of nitrogens with zero attached hydrogens (tertiary/aromatic N) is 1. The second-order valence-electron chi connectivity index (χ2n) is 5.20. The Kier molecular flexibility index (Phi) is 8.97. The molecule has 1 aromatic carbocycles. The second-order valence-corrected chi connectivity index (χ2v) is 8.16. The molecule has 0 fully saturated rings. The minimum Gasteiger partial charge on any atom is -0.405 e. The first kappa shape index (κ1) is 24.5. The zero-order valence-corrected chi connectivity index (χ0v) is 18.4. The quantitative estimate of drug-likeness (QED) is 0.292. The number of guanidine groups is 1. The lowest BCUT2D eigenvalue weighted by atomic mass is 10.2. The van der Waals surface area contributed by atoms with Gasteiger partial charge in [-0.2, -0.15) is 0 Å². The zero-order valence-electron chi connectivity index (χ0n) is 14.5. The fraction of sp³-hybridized carbons (Fsp3) is 0.267. The highest BCUT2D eigenvalue weighted by molar-refractivity contribution is 14.0. The highest BCUT2D eigenvalue weighted by atomic mass is 127. The van der Waals surface area contributed by atoms with Crippen molar-refractivity contribution in [1.82, 2.24) is 10.6 Å². The number of para-hydroxylation sites is 1. The van der Waals surface area contributed by atoms with Crippen LogP contribution in [0.15, 0.2) is 45.6 Å². The topological polar surface area (TPSA) is 106 Å². The molecule has 156 valence electrons. The maximum atomic E-state index is 12.5. The van der Waals surface area contributed by atoms with Crippen LogP contribution < -0.4 is 20.5 Å². The molecule has 13 heteroatoms. The molecular weight excluding hydrogens is 532 g/mol. The van der Waals surface area contributed by atoms with Gasteiger partial charge in [0.1, 0.15) is 9.96 Å². The number of hydrogen-bond acceptors (Lipinski definition) is 5. The third-order valence-electron chi connectivity index (χ3n) is 3.22. The molecule has 0 bridgehead atoms. The molecule has 0 amide bonds. The Morgan fingerprint density at radius 1 is 1.18 bits per heavy atom. The summed E-state index contributed by atoms with van der Waals surface area (Å²) in [6.07, 6.45) is -4.78. The van der Waals surface area contributed by atoms with Gasteiger partial charge in [0, 0.05) is 24.0 Å². The number of nitrogens with one attached hydrogen (secondary N) is 2. The average Bonchev–Trinajstić information content (AvgIpc) is 3.04. The van der Waals surface area contributed by atoms with Gasteiger partial charge in [-0.05, 0) is 18.2 Å². The first-order chi connectivity index (χ1) is 12.6. The van der Waals surface area contributed by atoms with E-state index in [1.807, 2.05) is 0 Å². The lowest BCUT2D eigenvalue weighted by molar-refractivity contribution is -0.274. The minimum atomic E-state index is -4.78. The van der Waals surface area contributed by atoms with Crippen molar-refractivity contribution in [3.05, 3.63) is 46.8 Å². The van der Waals surface area contributed by atoms with E-state index in [9.17, 15) is 21.6 Å². The van der Waals surface area contributed by atoms with Gasteiger partial charge in [-0.25, -0.2) is 13.6 Å². The molecule has 0 aliphatic heterocycles. The molecule has 0 spiro atoms. The number of halogens is 4. The summed E-state index contributed by atoms with van der Waals surface area (Å²) in [5, 5.41) is 10.9. The molecule has 0 atom stereocenters. The molecule has 0 radical (unpaired) electrons. The van der Waals surface area contributed by atoms with Crippen LogP contribution in [0.25, 0.3) is 0 Å². The van der Waals surface area contributed by atoms with Crippen LogP contribution in [0, 0.1) is 0 Å². The van der Waals surface area contributed by atoms with Crippen molar-refractivity contribution in [1.29, 1.82) is 0 Å². The van der Waals surface area contributed by atoms with Crippen LogP contribution in [0.3, 0.4) is 0 Å². The van der Waals surface area contributed by atoms with Crippen molar-refractivity contribution in [2.24, 2.45) is 10.1 Å². The highest BCUT2D eigenvalue weighted by Crippen LogP contribution is 2.26. The number of primary sulfonamides is 1. The van der Waals surface area contributed by atoms with Gasteiger partial charge < -0.3 is 15.4 Å². The Bertz CT molecular complexity index is 917. The molecule has 0 saturated carbocycles. The summed E-state index contributed by atoms with van der Waals surface area (Å²) in [6, 6.07) is 8.77. The third kappa shape index (κ3) is 7.81. The Morgan fingerprint density at radius 3 is 2.39 bits per heavy atom. The van der Waals surface area contributed by atoms with Crippen LogP contribution in [0.5, 0.6) is 5.75 Å². The average molecular weight is 550 g/mol. The number of ether oxygens (including phenoxy) is 1. The van der Waals surface area contributed by atoms with E-state index < -0.39 is 16.4 Å². The van der Waals surface area contributed by atoms with Crippen molar-refractivity contribution >= 4 is 51.3 Å². The van der Waals surface area contributed by atoms with Gasteiger partial charge in [-0.1, -0.05) is 18.2 Å². The molecule has 28 heavy (non-hydrogen) atoms. The number of benzene rings is 1. The SMILES string of the molecule is CN=C(NCc1ccc(S(N)(=O)=O)s1)NCc1ccccc1OC(F)(F)F.I. The van der Waals surface area contributed by atoms with E-state index in [0.717, 1.165) is 11.3 Å². The van der Waals surface area contributed by atoms with E-state index in [0.29, 0.717) is 16.4 Å². The summed E-state index contributed by atoms with van der Waals surface area (Å²) in [5.74, 6) is 0.0198. The smallest absolute Gasteiger partial charge is 0.405 e. The second kappa shape index (κ2) is 10.3. The van der Waals surface area contributed by atoms with E-state index in [1.54, 1.807) is 12.1 Å². The van der Waals surface area contributed by atoms with E-state index in [-0.39, 0.29) is 47.0 Å². The van der Waals surface area contributed by atoms with Crippen molar-refractivity contribution in [3.63, 3.8) is 0 Å². The molecule has 0 aliphatic rings. The van der Waals surface area contributed by atoms with Crippen LogP contribution in [-0.2, 0) is 23.1 Å². The van der Waals surface area contributed by atoms with E-state index >= 15 is 0 Å². The lowest BCUT2D eigenvalue weighted by Crippen LogP contribution is -2.36. The molecular formula is C15H18F3IN4O3S2. The molecule has 7 nitrogen and oxygen atoms in total. The summed E-state index contributed by atoms with van der Waals surface area (Å²) in [5.41, 5.74) is 0.297. The van der Waals surface area contributed by atoms with Crippen LogP contribution in [0.2, 0.25) is 0 Å². The number of rotatable bonds is 6. The van der Waals surface area contributed by atoms with Crippen LogP contribution in [-0.4, -0.2) is 27.8 Å². The first-order valence-corrected chi connectivity index (χ1v) is 9.84. The summed E-state index contributed by atoms with van der Waals surface area (Å²) in [4.78, 5) is 4.67. The molecule has 0 aliphatic carbocycles. The number of nitrogens with two attached hydrogens (primary N) is 1. The van der Waals surface area contributed by atoms with Crippen molar-refractivity contribution < 1.29 is 26.3 Å². The van der Waals surface area contributed by atoms with Gasteiger partial charge in [0.15, 0.2) is 5.96 Å². The van der Waals surface area contributed by atoms with Crippen molar-refractivity contribution in [3.8, 4) is 5.75 Å². The summed E-state index contributed by atoms with van der Waals surface area (Å²) in [6.45, 7) is 0.305. The zero-order chi connectivity index (χ0) is 20.1. The normalized spacial score (nSPS) is 12.2. The van der Waals surface area contributed by atoms with Gasteiger partial charge >= 0.3 is 6.36 Å². The van der Waals surface area contributed by atoms with Crippen LogP contribution in [0.1, 0.15) is 10.4 Å². The Labute approximate surface area is 181 Å². The maximum absolute atomic E-state index is 12.5. The van der Waals surface area contributed by atoms with E-state index in [2.05, 4.69) is 20.4 Å². The number of alkyl halides is 3. The number of hydrogen-bond donors (Lipinski definition) is 3. The Balaban J connectivity index is 0.00000392. The third-order valence-corrected chi connectivity index (χ3v) is 5.74. The van der Waals surface area contributed by atoms with Crippen LogP contribution >= 0.6 is 35.3 Å². The van der Waals surface area contributed by atoms with Gasteiger partial charge in [0.05, 0.1) is 6.54 Å². The molecule has 1 heterocycles. The molecule has 0 saturated heterocycles. The first-order valence-electron chi connectivity index (χ1n) is 7.48. The van der Waals surface area contributed by atoms with Crippen molar-refractivity contribution in [2.75, 3.05) is 7.05 Å². The largest absolute Gasteiger partial charge is 0.573 e. The standard InChI is InChI=1S/C15H17F3N4O3S2.HI/c1-20-14(22-9-11-6-7-13(26-11)27(19,23)24)21-8-10-4-2-3-5-12(10)25-15(16,17)18;/h2-7H,8-9H2,1H3,(H2,19,23,24)(H2,20,21,22);1H. The molecule has 0 unspecified atom stereocenters. The van der Waals surface area contributed by atoms with E-state index in [4.69, 9.17) is 5.14 Å². The fourth-order valence-electron chi connectivity index (χ4n) is 2.05. The van der Waals surface area contributed by atoms with Gasteiger partial charge in [-0.15, -0.1) is 48.5 Å². The fourth-order valence-corrected chi connectivity index (χ4v) is 3.77. The Morgan fingerprint density at radius 2 is 1.82 bits per heavy atom. The number of thiophene rings is 1. The molecule has 2 aromatic rings. The summed E-state index contributed by atoms with van der Waals surface area (Å²) in [7, 11) is -2.26. The number of sulfonamides is 1. The van der Waals surface area contributed by atoms with Crippen molar-refractivity contribution in [2.45, 2.75) is 23.7 Å². The monoisotopic (exact) mass is 550 g/mol. The predicted octanol–water partition coefficient (Wildman–Crippen LogP) is 2.78. The molecule has 2 rings (SSSR count). The molecule has 4 N–H and O–H groups in total. The van der Waals surface area contributed by atoms with Crippen LogP contribution in [0.4, 0.5) is 13.2 Å². The lowest BCUT2D eigenvalue weighted by Gasteiger charge is -2.15. The van der Waals surface area contributed by atoms with Gasteiger partial charge in [0.25, 0.3) is 0 Å². The van der Waals surface area contributed by atoms with Gasteiger partial charge in [-0.3, -0.25) is 4.99 Å². The Hall–Kier alpha value is -1.58. The maximum Gasteiger partial charge on any atom is 0.573 e. The minimum absolute atomic E-state index is 0. The summed E-state index contributed by atoms with van der Waals surface area (Å²) < 4.78 is 63.9. The number of aliphatic imine (C=N–C) groups is 1. The predicted molar refractivity (Wildman–Crippen MR) is 111 cm³/mol. The van der Waals surface area contributed by atoms with E-state index in [1.165, 1.54) is 31.3 Å². The van der Waals surface area contributed by atoms with Gasteiger partial charge in [0.2, 0.25) is 10.0 Å². The highest BCUT2D eigenvalue weighted by Gasteiger charge is 2.31. The summed E-state index contributed by atoms with van der Waals surface area (Å²) >= 11 is 1.01.